The average molecular weight is 209 g/mol. The van der Waals surface area contributed by atoms with Crippen molar-refractivity contribution in [1.82, 2.24) is 9.55 Å². The van der Waals surface area contributed by atoms with E-state index >= 15 is 0 Å². The van der Waals surface area contributed by atoms with Crippen LogP contribution in [-0.4, -0.2) is 28.3 Å². The number of nitrogens with zero attached hydrogens (tertiary/aromatic N) is 2. The molecule has 0 bridgehead atoms. The molecule has 4 nitrogen and oxygen atoms in total. The van der Waals surface area contributed by atoms with Gasteiger partial charge in [0.2, 0.25) is 5.95 Å². The van der Waals surface area contributed by atoms with Crippen molar-refractivity contribution < 1.29 is 4.74 Å². The van der Waals surface area contributed by atoms with E-state index in [2.05, 4.69) is 17.2 Å². The third-order valence-electron chi connectivity index (χ3n) is 2.92. The first-order valence-electron chi connectivity index (χ1n) is 5.47. The van der Waals surface area contributed by atoms with Crippen molar-refractivity contribution in [1.29, 1.82) is 0 Å². The number of aromatic nitrogens is 2. The Hall–Kier alpha value is -1.03. The Bertz CT molecular complexity index is 340. The Morgan fingerprint density at radius 1 is 1.67 bits per heavy atom. The molecule has 1 unspecified atom stereocenters. The number of nitrogens with one attached hydrogen (secondary N) is 1. The highest BCUT2D eigenvalue weighted by molar-refractivity contribution is 5.28. The van der Waals surface area contributed by atoms with Crippen LogP contribution < -0.4 is 5.32 Å². The summed E-state index contributed by atoms with van der Waals surface area (Å²) in [7, 11) is 2.00. The lowest BCUT2D eigenvalue weighted by atomic mass is 10.0. The Morgan fingerprint density at radius 3 is 3.00 bits per heavy atom. The van der Waals surface area contributed by atoms with E-state index in [1.165, 1.54) is 0 Å². The molecule has 1 aliphatic rings. The number of hydrogen-bond donors (Lipinski definition) is 1. The van der Waals surface area contributed by atoms with Crippen LogP contribution in [0, 0.1) is 6.92 Å². The standard InChI is InChI=1S/C11H19N3O/c1-9-7-14(3)10(13-9)12-8-11(2)5-4-6-15-11/h7H,4-6,8H2,1-3H3,(H,12,13). The molecule has 1 N–H and O–H groups in total. The summed E-state index contributed by atoms with van der Waals surface area (Å²) in [5, 5.41) is 3.34. The highest BCUT2D eigenvalue weighted by Gasteiger charge is 2.29. The summed E-state index contributed by atoms with van der Waals surface area (Å²) in [5.74, 6) is 0.921. The van der Waals surface area contributed by atoms with Crippen LogP contribution in [0.1, 0.15) is 25.5 Å². The predicted octanol–water partition coefficient (Wildman–Crippen LogP) is 1.71. The van der Waals surface area contributed by atoms with Crippen LogP contribution in [0.5, 0.6) is 0 Å². The highest BCUT2D eigenvalue weighted by atomic mass is 16.5. The van der Waals surface area contributed by atoms with Gasteiger partial charge in [0.25, 0.3) is 0 Å². The summed E-state index contributed by atoms with van der Waals surface area (Å²) in [6.45, 7) is 5.87. The third-order valence-corrected chi connectivity index (χ3v) is 2.92. The summed E-state index contributed by atoms with van der Waals surface area (Å²) in [6.07, 6.45) is 4.31. The van der Waals surface area contributed by atoms with Gasteiger partial charge in [-0.15, -0.1) is 0 Å². The number of rotatable bonds is 3. The Balaban J connectivity index is 1.95. The van der Waals surface area contributed by atoms with Crippen molar-refractivity contribution in [2.24, 2.45) is 7.05 Å². The largest absolute Gasteiger partial charge is 0.373 e. The van der Waals surface area contributed by atoms with Gasteiger partial charge in [-0.05, 0) is 26.7 Å². The average Bonchev–Trinajstić information content (AvgIpc) is 2.71. The SMILES string of the molecule is Cc1cn(C)c(NCC2(C)CCCO2)n1. The monoisotopic (exact) mass is 209 g/mol. The van der Waals surface area contributed by atoms with E-state index in [9.17, 15) is 0 Å². The molecule has 15 heavy (non-hydrogen) atoms. The normalized spacial score (nSPS) is 25.8. The maximum absolute atomic E-state index is 5.71. The molecule has 1 fully saturated rings. The summed E-state index contributed by atoms with van der Waals surface area (Å²) in [6, 6.07) is 0. The quantitative estimate of drug-likeness (QED) is 0.823. The first-order chi connectivity index (χ1) is 7.09. The molecule has 0 spiro atoms. The van der Waals surface area contributed by atoms with Gasteiger partial charge in [-0.25, -0.2) is 4.98 Å². The van der Waals surface area contributed by atoms with Crippen LogP contribution in [0.25, 0.3) is 0 Å². The molecule has 4 heteroatoms. The second-order valence-electron chi connectivity index (χ2n) is 4.57. The molecular formula is C11H19N3O. The van der Waals surface area contributed by atoms with Gasteiger partial charge < -0.3 is 14.6 Å². The minimum atomic E-state index is -0.0140. The second-order valence-corrected chi connectivity index (χ2v) is 4.57. The molecule has 1 aromatic heterocycles. The first kappa shape index (κ1) is 10.5. The zero-order valence-electron chi connectivity index (χ0n) is 9.71. The Labute approximate surface area is 90.6 Å². The van der Waals surface area contributed by atoms with Gasteiger partial charge in [-0.1, -0.05) is 0 Å². The molecule has 84 valence electrons. The molecule has 0 aliphatic carbocycles. The summed E-state index contributed by atoms with van der Waals surface area (Å²) in [5.41, 5.74) is 1.03. The fourth-order valence-corrected chi connectivity index (χ4v) is 2.02. The second kappa shape index (κ2) is 3.85. The smallest absolute Gasteiger partial charge is 0.202 e. The molecule has 0 aromatic carbocycles. The number of ether oxygens (including phenoxy) is 1. The van der Waals surface area contributed by atoms with E-state index in [1.54, 1.807) is 0 Å². The molecular weight excluding hydrogens is 190 g/mol. The number of aryl methyl sites for hydroxylation is 2. The van der Waals surface area contributed by atoms with Crippen LogP contribution in [0.4, 0.5) is 5.95 Å². The lowest BCUT2D eigenvalue weighted by molar-refractivity contribution is 0.0314. The number of hydrogen-bond acceptors (Lipinski definition) is 3. The van der Waals surface area contributed by atoms with Crippen molar-refractivity contribution in [2.45, 2.75) is 32.3 Å². The molecule has 1 atom stereocenters. The van der Waals surface area contributed by atoms with E-state index in [-0.39, 0.29) is 5.60 Å². The lowest BCUT2D eigenvalue weighted by Crippen LogP contribution is -2.33. The highest BCUT2D eigenvalue weighted by Crippen LogP contribution is 2.25. The summed E-state index contributed by atoms with van der Waals surface area (Å²) >= 11 is 0. The van der Waals surface area contributed by atoms with Gasteiger partial charge >= 0.3 is 0 Å². The van der Waals surface area contributed by atoms with Gasteiger partial charge in [0.05, 0.1) is 11.3 Å². The first-order valence-corrected chi connectivity index (χ1v) is 5.47. The zero-order valence-corrected chi connectivity index (χ0v) is 9.71. The van der Waals surface area contributed by atoms with E-state index < -0.39 is 0 Å². The molecule has 0 amide bonds. The van der Waals surface area contributed by atoms with Crippen LogP contribution in [0.3, 0.4) is 0 Å². The lowest BCUT2D eigenvalue weighted by Gasteiger charge is -2.23. The van der Waals surface area contributed by atoms with Gasteiger partial charge in [0, 0.05) is 26.4 Å². The maximum atomic E-state index is 5.71. The van der Waals surface area contributed by atoms with Gasteiger partial charge in [-0.3, -0.25) is 0 Å². The van der Waals surface area contributed by atoms with E-state index in [1.807, 2.05) is 24.7 Å². The topological polar surface area (TPSA) is 39.1 Å². The van der Waals surface area contributed by atoms with Crippen LogP contribution >= 0.6 is 0 Å². The molecule has 2 rings (SSSR count). The summed E-state index contributed by atoms with van der Waals surface area (Å²) < 4.78 is 7.72. The van der Waals surface area contributed by atoms with Crippen molar-refractivity contribution in [3.05, 3.63) is 11.9 Å². The van der Waals surface area contributed by atoms with E-state index in [0.29, 0.717) is 0 Å². The molecule has 0 saturated carbocycles. The van der Waals surface area contributed by atoms with Crippen molar-refractivity contribution >= 4 is 5.95 Å². The van der Waals surface area contributed by atoms with Crippen molar-refractivity contribution in [3.63, 3.8) is 0 Å². The van der Waals surface area contributed by atoms with Crippen LogP contribution in [0.2, 0.25) is 0 Å². The minimum Gasteiger partial charge on any atom is -0.373 e. The predicted molar refractivity (Wildman–Crippen MR) is 60.0 cm³/mol. The van der Waals surface area contributed by atoms with Crippen molar-refractivity contribution in [2.75, 3.05) is 18.5 Å². The van der Waals surface area contributed by atoms with Crippen LogP contribution in [-0.2, 0) is 11.8 Å². The maximum Gasteiger partial charge on any atom is 0.202 e. The van der Waals surface area contributed by atoms with E-state index in [4.69, 9.17) is 4.74 Å². The molecule has 1 aliphatic heterocycles. The fraction of sp³-hybridized carbons (Fsp3) is 0.727. The van der Waals surface area contributed by atoms with Crippen LogP contribution in [0.15, 0.2) is 6.20 Å². The zero-order chi connectivity index (χ0) is 10.9. The molecule has 1 aromatic rings. The molecule has 2 heterocycles. The fourth-order valence-electron chi connectivity index (χ4n) is 2.02. The van der Waals surface area contributed by atoms with Gasteiger partial charge in [0.15, 0.2) is 0 Å². The van der Waals surface area contributed by atoms with Crippen molar-refractivity contribution in [3.8, 4) is 0 Å². The van der Waals surface area contributed by atoms with Gasteiger partial charge in [0.1, 0.15) is 0 Å². The number of imidazole rings is 1. The molecule has 0 radical (unpaired) electrons. The Kier molecular flexibility index (Phi) is 2.69. The Morgan fingerprint density at radius 2 is 2.47 bits per heavy atom. The number of anilines is 1. The molecule has 1 saturated heterocycles. The third kappa shape index (κ3) is 2.31. The minimum absolute atomic E-state index is 0.0140. The summed E-state index contributed by atoms with van der Waals surface area (Å²) in [4.78, 5) is 4.40. The van der Waals surface area contributed by atoms with Gasteiger partial charge in [-0.2, -0.15) is 0 Å². The van der Waals surface area contributed by atoms with E-state index in [0.717, 1.165) is 37.6 Å².